The molecule has 2 aromatic rings. The Morgan fingerprint density at radius 3 is 2.80 bits per heavy atom. The number of hydrogen-bond donors (Lipinski definition) is 0. The smallest absolute Gasteiger partial charge is 0.141 e. The van der Waals surface area contributed by atoms with Crippen LogP contribution in [0.3, 0.4) is 0 Å². The van der Waals surface area contributed by atoms with Gasteiger partial charge < -0.3 is 9.30 Å². The van der Waals surface area contributed by atoms with Gasteiger partial charge in [-0.05, 0) is 58.9 Å². The maximum Gasteiger partial charge on any atom is 0.141 e. The number of hydrogen-bond acceptors (Lipinski definition) is 3. The quantitative estimate of drug-likeness (QED) is 0.520. The number of rotatable bonds is 6. The third-order valence-corrected chi connectivity index (χ3v) is 5.08. The van der Waals surface area contributed by atoms with Crippen LogP contribution in [0.15, 0.2) is 24.3 Å². The van der Waals surface area contributed by atoms with E-state index in [9.17, 15) is 0 Å². The summed E-state index contributed by atoms with van der Waals surface area (Å²) < 4.78 is 8.94. The van der Waals surface area contributed by atoms with Crippen molar-refractivity contribution >= 4 is 12.2 Å². The molecule has 1 aliphatic carbocycles. The third-order valence-electron chi connectivity index (χ3n) is 4.74. The molecule has 0 spiro atoms. The first-order chi connectivity index (χ1) is 12.1. The molecule has 1 aliphatic rings. The van der Waals surface area contributed by atoms with Crippen LogP contribution in [0, 0.1) is 11.6 Å². The lowest BCUT2D eigenvalue weighted by Crippen LogP contribution is -2.19. The lowest BCUT2D eigenvalue weighted by atomic mass is 9.96. The van der Waals surface area contributed by atoms with Crippen molar-refractivity contribution in [1.82, 2.24) is 9.55 Å². The molecule has 0 bridgehead atoms. The standard InChI is InChI=1S/C21H28N2OS/c1-15(2)24-13-7-12-23-19-11-5-4-10-18(19)21(25)22-20(23)17-9-6-8-16(3)14-17/h6,8-9,14-15H,4-5,7,10-13H2,1-3H3. The molecule has 0 amide bonds. The Bertz CT molecular complexity index is 795. The highest BCUT2D eigenvalue weighted by Crippen LogP contribution is 2.28. The molecular formula is C21H28N2OS. The summed E-state index contributed by atoms with van der Waals surface area (Å²) in [6.45, 7) is 8.00. The molecular weight excluding hydrogens is 328 g/mol. The molecule has 0 radical (unpaired) electrons. The van der Waals surface area contributed by atoms with Crippen molar-refractivity contribution in [2.45, 2.75) is 65.5 Å². The molecule has 0 saturated carbocycles. The van der Waals surface area contributed by atoms with Crippen molar-refractivity contribution in [3.8, 4) is 11.4 Å². The van der Waals surface area contributed by atoms with E-state index in [2.05, 4.69) is 49.6 Å². The van der Waals surface area contributed by atoms with Crippen LogP contribution < -0.4 is 0 Å². The molecule has 1 heterocycles. The van der Waals surface area contributed by atoms with E-state index < -0.39 is 0 Å². The summed E-state index contributed by atoms with van der Waals surface area (Å²) in [7, 11) is 0. The monoisotopic (exact) mass is 356 g/mol. The highest BCUT2D eigenvalue weighted by atomic mass is 32.1. The Labute approximate surface area is 156 Å². The fourth-order valence-electron chi connectivity index (χ4n) is 3.56. The van der Waals surface area contributed by atoms with Crippen LogP contribution in [0.5, 0.6) is 0 Å². The topological polar surface area (TPSA) is 27.1 Å². The Balaban J connectivity index is 2.00. The minimum Gasteiger partial charge on any atom is -0.379 e. The zero-order valence-electron chi connectivity index (χ0n) is 15.5. The van der Waals surface area contributed by atoms with Gasteiger partial charge in [-0.3, -0.25) is 0 Å². The maximum atomic E-state index is 5.74. The second kappa shape index (κ2) is 8.24. The Hall–Kier alpha value is -1.52. The van der Waals surface area contributed by atoms with Crippen molar-refractivity contribution < 1.29 is 4.74 Å². The highest BCUT2D eigenvalue weighted by Gasteiger charge is 2.19. The molecule has 0 atom stereocenters. The summed E-state index contributed by atoms with van der Waals surface area (Å²) >= 11 is 5.64. The molecule has 1 aromatic carbocycles. The first-order valence-electron chi connectivity index (χ1n) is 9.37. The van der Waals surface area contributed by atoms with Gasteiger partial charge >= 0.3 is 0 Å². The van der Waals surface area contributed by atoms with Gasteiger partial charge in [-0.15, -0.1) is 0 Å². The van der Waals surface area contributed by atoms with Crippen molar-refractivity contribution in [3.05, 3.63) is 45.7 Å². The Morgan fingerprint density at radius 2 is 2.04 bits per heavy atom. The van der Waals surface area contributed by atoms with Gasteiger partial charge in [-0.1, -0.05) is 36.0 Å². The number of aryl methyl sites for hydroxylation is 1. The van der Waals surface area contributed by atoms with Crippen molar-refractivity contribution in [3.63, 3.8) is 0 Å². The summed E-state index contributed by atoms with van der Waals surface area (Å²) in [6, 6.07) is 8.56. The predicted octanol–water partition coefficient (Wildman–Crippen LogP) is 5.28. The molecule has 0 fully saturated rings. The predicted molar refractivity (Wildman–Crippen MR) is 106 cm³/mol. The minimum absolute atomic E-state index is 0.281. The van der Waals surface area contributed by atoms with Gasteiger partial charge in [0.25, 0.3) is 0 Å². The maximum absolute atomic E-state index is 5.74. The number of nitrogens with zero attached hydrogens (tertiary/aromatic N) is 2. The normalized spacial score (nSPS) is 13.9. The fraction of sp³-hybridized carbons (Fsp3) is 0.524. The zero-order valence-corrected chi connectivity index (χ0v) is 16.4. The van der Waals surface area contributed by atoms with Crippen LogP contribution in [0.2, 0.25) is 0 Å². The molecule has 4 heteroatoms. The molecule has 0 unspecified atom stereocenters. The van der Waals surface area contributed by atoms with Gasteiger partial charge in [-0.25, -0.2) is 4.98 Å². The second-order valence-electron chi connectivity index (χ2n) is 7.17. The van der Waals surface area contributed by atoms with Gasteiger partial charge in [0.2, 0.25) is 0 Å². The Morgan fingerprint density at radius 1 is 1.24 bits per heavy atom. The lowest BCUT2D eigenvalue weighted by Gasteiger charge is -2.25. The third kappa shape index (κ3) is 4.36. The average molecular weight is 357 g/mol. The molecule has 1 aromatic heterocycles. The van der Waals surface area contributed by atoms with E-state index in [0.29, 0.717) is 0 Å². The van der Waals surface area contributed by atoms with Crippen LogP contribution in [0.4, 0.5) is 0 Å². The molecule has 0 N–H and O–H groups in total. The van der Waals surface area contributed by atoms with Crippen LogP contribution in [-0.4, -0.2) is 22.3 Å². The molecule has 3 rings (SSSR count). The molecule has 0 saturated heterocycles. The summed E-state index contributed by atoms with van der Waals surface area (Å²) in [5, 5.41) is 0. The van der Waals surface area contributed by atoms with Crippen LogP contribution >= 0.6 is 12.2 Å². The fourth-order valence-corrected chi connectivity index (χ4v) is 3.86. The summed E-state index contributed by atoms with van der Waals surface area (Å²) in [6.07, 6.45) is 5.90. The Kier molecular flexibility index (Phi) is 6.02. The lowest BCUT2D eigenvalue weighted by molar-refractivity contribution is 0.0747. The second-order valence-corrected chi connectivity index (χ2v) is 7.55. The van der Waals surface area contributed by atoms with Gasteiger partial charge in [0.05, 0.1) is 6.10 Å². The van der Waals surface area contributed by atoms with Gasteiger partial charge in [0.1, 0.15) is 10.5 Å². The van der Waals surface area contributed by atoms with Crippen LogP contribution in [-0.2, 0) is 24.1 Å². The van der Waals surface area contributed by atoms with E-state index in [1.54, 1.807) is 0 Å². The number of benzene rings is 1. The van der Waals surface area contributed by atoms with Crippen LogP contribution in [0.1, 0.15) is 49.9 Å². The zero-order chi connectivity index (χ0) is 17.8. The van der Waals surface area contributed by atoms with E-state index in [1.165, 1.54) is 29.7 Å². The van der Waals surface area contributed by atoms with Gasteiger partial charge in [0.15, 0.2) is 0 Å². The minimum atomic E-state index is 0.281. The summed E-state index contributed by atoms with van der Waals surface area (Å²) in [4.78, 5) is 4.85. The first-order valence-corrected chi connectivity index (χ1v) is 9.78. The van der Waals surface area contributed by atoms with E-state index in [1.807, 2.05) is 0 Å². The van der Waals surface area contributed by atoms with E-state index in [4.69, 9.17) is 21.9 Å². The number of fused-ring (bicyclic) bond motifs is 1. The molecule has 25 heavy (non-hydrogen) atoms. The average Bonchev–Trinajstić information content (AvgIpc) is 2.60. The number of aromatic nitrogens is 2. The largest absolute Gasteiger partial charge is 0.379 e. The number of ether oxygens (including phenoxy) is 1. The van der Waals surface area contributed by atoms with E-state index in [-0.39, 0.29) is 6.10 Å². The van der Waals surface area contributed by atoms with Crippen molar-refractivity contribution in [2.24, 2.45) is 0 Å². The molecule has 0 aliphatic heterocycles. The van der Waals surface area contributed by atoms with Gasteiger partial charge in [0, 0.05) is 30.0 Å². The van der Waals surface area contributed by atoms with Gasteiger partial charge in [-0.2, -0.15) is 0 Å². The summed E-state index contributed by atoms with van der Waals surface area (Å²) in [5.41, 5.74) is 5.09. The first kappa shape index (κ1) is 18.3. The highest BCUT2D eigenvalue weighted by molar-refractivity contribution is 7.71. The van der Waals surface area contributed by atoms with Crippen molar-refractivity contribution in [2.75, 3.05) is 6.61 Å². The van der Waals surface area contributed by atoms with Crippen molar-refractivity contribution in [1.29, 1.82) is 0 Å². The molecule has 134 valence electrons. The summed E-state index contributed by atoms with van der Waals surface area (Å²) in [5.74, 6) is 1.01. The van der Waals surface area contributed by atoms with E-state index in [0.717, 1.165) is 48.4 Å². The van der Waals surface area contributed by atoms with Crippen LogP contribution in [0.25, 0.3) is 11.4 Å². The van der Waals surface area contributed by atoms with E-state index >= 15 is 0 Å². The molecule has 3 nitrogen and oxygen atoms in total. The SMILES string of the molecule is Cc1cccc(-c2nc(=S)c3c(n2CCCOC(C)C)CCCC3)c1.